The lowest BCUT2D eigenvalue weighted by atomic mass is 10.2. The van der Waals surface area contributed by atoms with E-state index < -0.39 is 0 Å². The Kier molecular flexibility index (Phi) is 8.84. The molecule has 0 aromatic heterocycles. The first-order chi connectivity index (χ1) is 9.75. The Morgan fingerprint density at radius 2 is 1.76 bits per heavy atom. The summed E-state index contributed by atoms with van der Waals surface area (Å²) in [5, 5.41) is 0.709. The van der Waals surface area contributed by atoms with E-state index in [0.29, 0.717) is 24.1 Å². The Balaban J connectivity index is 0.00000220. The number of guanidine groups is 1. The Morgan fingerprint density at radius 3 is 2.38 bits per heavy atom. The molecule has 1 saturated heterocycles. The van der Waals surface area contributed by atoms with Crippen molar-refractivity contribution in [3.8, 4) is 5.75 Å². The van der Waals surface area contributed by atoms with Crippen LogP contribution in [0.25, 0.3) is 0 Å². The largest absolute Gasteiger partial charge is 0.492 e. The van der Waals surface area contributed by atoms with Crippen LogP contribution in [0.5, 0.6) is 5.75 Å². The van der Waals surface area contributed by atoms with Crippen molar-refractivity contribution >= 4 is 41.5 Å². The molecule has 2 rings (SSSR count). The lowest BCUT2D eigenvalue weighted by Crippen LogP contribution is -2.38. The van der Waals surface area contributed by atoms with Crippen LogP contribution in [0, 0.1) is 0 Å². The number of hydrogen-bond donors (Lipinski definition) is 1. The van der Waals surface area contributed by atoms with Crippen molar-refractivity contribution in [2.45, 2.75) is 25.7 Å². The highest BCUT2D eigenvalue weighted by atomic mass is 127. The van der Waals surface area contributed by atoms with Crippen LogP contribution in [0.15, 0.2) is 29.3 Å². The molecule has 0 radical (unpaired) electrons. The van der Waals surface area contributed by atoms with Gasteiger partial charge in [0.1, 0.15) is 12.4 Å². The van der Waals surface area contributed by atoms with Gasteiger partial charge in [0.15, 0.2) is 5.96 Å². The molecule has 21 heavy (non-hydrogen) atoms. The van der Waals surface area contributed by atoms with Crippen LogP contribution in [-0.4, -0.2) is 37.1 Å². The van der Waals surface area contributed by atoms with Crippen LogP contribution in [0.1, 0.15) is 25.7 Å². The van der Waals surface area contributed by atoms with Gasteiger partial charge in [0.2, 0.25) is 0 Å². The summed E-state index contributed by atoms with van der Waals surface area (Å²) in [6.07, 6.45) is 5.00. The second kappa shape index (κ2) is 10.1. The van der Waals surface area contributed by atoms with Gasteiger partial charge in [-0.25, -0.2) is 4.99 Å². The summed E-state index contributed by atoms with van der Waals surface area (Å²) < 4.78 is 5.58. The number of nitrogens with two attached hydrogens (primary N) is 1. The molecule has 0 bridgehead atoms. The van der Waals surface area contributed by atoms with Crippen LogP contribution in [0.3, 0.4) is 0 Å². The Hall–Kier alpha value is -0.690. The fourth-order valence-electron chi connectivity index (χ4n) is 2.25. The highest BCUT2D eigenvalue weighted by molar-refractivity contribution is 14.0. The van der Waals surface area contributed by atoms with Crippen molar-refractivity contribution in [1.82, 2.24) is 4.90 Å². The van der Waals surface area contributed by atoms with Gasteiger partial charge >= 0.3 is 0 Å². The van der Waals surface area contributed by atoms with Gasteiger partial charge in [-0.15, -0.1) is 24.0 Å². The van der Waals surface area contributed by atoms with E-state index >= 15 is 0 Å². The SMILES string of the molecule is I.NC(=NCCOc1ccc(Cl)cc1)N1CCCCCC1. The first-order valence-corrected chi connectivity index (χ1v) is 7.57. The Labute approximate surface area is 148 Å². The van der Waals surface area contributed by atoms with E-state index in [4.69, 9.17) is 22.1 Å². The molecule has 4 nitrogen and oxygen atoms in total. The molecular weight excluding hydrogens is 401 g/mol. The molecule has 6 heteroatoms. The van der Waals surface area contributed by atoms with Gasteiger partial charge in [-0.1, -0.05) is 24.4 Å². The second-order valence-corrected chi connectivity index (χ2v) is 5.38. The fourth-order valence-corrected chi connectivity index (χ4v) is 2.38. The molecule has 0 unspecified atom stereocenters. The van der Waals surface area contributed by atoms with E-state index in [2.05, 4.69) is 9.89 Å². The number of benzene rings is 1. The van der Waals surface area contributed by atoms with Gasteiger partial charge in [0.05, 0.1) is 6.54 Å². The van der Waals surface area contributed by atoms with Crippen LogP contribution < -0.4 is 10.5 Å². The van der Waals surface area contributed by atoms with E-state index in [1.54, 1.807) is 0 Å². The topological polar surface area (TPSA) is 50.9 Å². The Morgan fingerprint density at radius 1 is 1.14 bits per heavy atom. The highest BCUT2D eigenvalue weighted by Crippen LogP contribution is 2.15. The third-order valence-corrected chi connectivity index (χ3v) is 3.63. The number of ether oxygens (including phenoxy) is 1. The molecule has 0 atom stereocenters. The molecule has 0 amide bonds. The summed E-state index contributed by atoms with van der Waals surface area (Å²) in [7, 11) is 0. The molecule has 2 N–H and O–H groups in total. The molecule has 1 aliphatic rings. The smallest absolute Gasteiger partial charge is 0.191 e. The molecule has 1 aliphatic heterocycles. The minimum Gasteiger partial charge on any atom is -0.492 e. The number of nitrogens with zero attached hydrogens (tertiary/aromatic N) is 2. The van der Waals surface area contributed by atoms with Crippen LogP contribution in [0.4, 0.5) is 0 Å². The van der Waals surface area contributed by atoms with E-state index in [9.17, 15) is 0 Å². The van der Waals surface area contributed by atoms with Crippen LogP contribution in [0.2, 0.25) is 5.02 Å². The van der Waals surface area contributed by atoms with Gasteiger partial charge in [0, 0.05) is 18.1 Å². The maximum Gasteiger partial charge on any atom is 0.191 e. The van der Waals surface area contributed by atoms with E-state index in [-0.39, 0.29) is 24.0 Å². The molecule has 0 aliphatic carbocycles. The highest BCUT2D eigenvalue weighted by Gasteiger charge is 2.10. The van der Waals surface area contributed by atoms with Gasteiger partial charge in [-0.3, -0.25) is 0 Å². The minimum atomic E-state index is 0. The predicted octanol–water partition coefficient (Wildman–Crippen LogP) is 3.53. The first-order valence-electron chi connectivity index (χ1n) is 7.19. The lowest BCUT2D eigenvalue weighted by Gasteiger charge is -2.21. The summed E-state index contributed by atoms with van der Waals surface area (Å²) in [4.78, 5) is 6.57. The quantitative estimate of drug-likeness (QED) is 0.349. The van der Waals surface area contributed by atoms with Crippen molar-refractivity contribution in [1.29, 1.82) is 0 Å². The zero-order chi connectivity index (χ0) is 14.2. The zero-order valence-corrected chi connectivity index (χ0v) is 15.2. The number of hydrogen-bond acceptors (Lipinski definition) is 2. The average molecular weight is 424 g/mol. The summed E-state index contributed by atoms with van der Waals surface area (Å²) in [6, 6.07) is 7.33. The number of aliphatic imine (C=N–C) groups is 1. The number of rotatable bonds is 4. The molecule has 118 valence electrons. The van der Waals surface area contributed by atoms with Gasteiger partial charge in [-0.2, -0.15) is 0 Å². The third kappa shape index (κ3) is 6.74. The predicted molar refractivity (Wildman–Crippen MR) is 98.9 cm³/mol. The Bertz CT molecular complexity index is 431. The molecule has 0 saturated carbocycles. The summed E-state index contributed by atoms with van der Waals surface area (Å²) in [5.74, 6) is 1.45. The molecule has 1 fully saturated rings. The van der Waals surface area contributed by atoms with Gasteiger partial charge in [-0.05, 0) is 37.1 Å². The van der Waals surface area contributed by atoms with E-state index in [1.165, 1.54) is 25.7 Å². The maximum atomic E-state index is 6.02. The van der Waals surface area contributed by atoms with E-state index in [0.717, 1.165) is 18.8 Å². The van der Waals surface area contributed by atoms with E-state index in [1.807, 2.05) is 24.3 Å². The minimum absolute atomic E-state index is 0. The maximum absolute atomic E-state index is 6.02. The molecule has 0 spiro atoms. The fraction of sp³-hybridized carbons (Fsp3) is 0.533. The standard InChI is InChI=1S/C15H22ClN3O.HI/c16-13-5-7-14(8-6-13)20-12-9-18-15(17)19-10-3-1-2-4-11-19;/h5-8H,1-4,9-12H2,(H2,17,18);1H. The monoisotopic (exact) mass is 423 g/mol. The van der Waals surface area contributed by atoms with Crippen molar-refractivity contribution in [2.24, 2.45) is 10.7 Å². The zero-order valence-electron chi connectivity index (χ0n) is 12.1. The van der Waals surface area contributed by atoms with Crippen molar-refractivity contribution in [2.75, 3.05) is 26.2 Å². The summed E-state index contributed by atoms with van der Waals surface area (Å²) >= 11 is 5.81. The molecule has 1 heterocycles. The normalized spacial score (nSPS) is 16.0. The lowest BCUT2D eigenvalue weighted by molar-refractivity contribution is 0.327. The average Bonchev–Trinajstić information content (AvgIpc) is 2.74. The number of halogens is 2. The summed E-state index contributed by atoms with van der Waals surface area (Å²) in [5.41, 5.74) is 6.02. The van der Waals surface area contributed by atoms with Crippen molar-refractivity contribution in [3.05, 3.63) is 29.3 Å². The van der Waals surface area contributed by atoms with Crippen LogP contribution in [-0.2, 0) is 0 Å². The summed E-state index contributed by atoms with van der Waals surface area (Å²) in [6.45, 7) is 3.14. The number of likely N-dealkylation sites (tertiary alicyclic amines) is 1. The third-order valence-electron chi connectivity index (χ3n) is 3.38. The first kappa shape index (κ1) is 18.4. The molecular formula is C15H23ClIN3O. The van der Waals surface area contributed by atoms with Crippen molar-refractivity contribution < 1.29 is 4.74 Å². The molecule has 1 aromatic rings. The second-order valence-electron chi connectivity index (χ2n) is 4.94. The van der Waals surface area contributed by atoms with Gasteiger partial charge in [0.25, 0.3) is 0 Å². The van der Waals surface area contributed by atoms with Crippen molar-refractivity contribution in [3.63, 3.8) is 0 Å². The van der Waals surface area contributed by atoms with Gasteiger partial charge < -0.3 is 15.4 Å². The molecule has 1 aromatic carbocycles. The van der Waals surface area contributed by atoms with Crippen LogP contribution >= 0.6 is 35.6 Å².